The Morgan fingerprint density at radius 3 is 3.07 bits per heavy atom. The van der Waals surface area contributed by atoms with Crippen molar-refractivity contribution in [1.82, 2.24) is 14.8 Å². The van der Waals surface area contributed by atoms with Crippen LogP contribution in [0.4, 0.5) is 5.82 Å². The second-order valence-electron chi connectivity index (χ2n) is 7.00. The van der Waals surface area contributed by atoms with Gasteiger partial charge in [0.05, 0.1) is 31.1 Å². The van der Waals surface area contributed by atoms with E-state index in [2.05, 4.69) is 33.6 Å². The number of aryl methyl sites for hydroxylation is 1. The highest BCUT2D eigenvalue weighted by Gasteiger charge is 2.15. The van der Waals surface area contributed by atoms with Crippen LogP contribution in [0.3, 0.4) is 0 Å². The van der Waals surface area contributed by atoms with E-state index in [0.29, 0.717) is 31.1 Å². The van der Waals surface area contributed by atoms with Gasteiger partial charge in [-0.3, -0.25) is 4.68 Å². The van der Waals surface area contributed by atoms with Crippen molar-refractivity contribution >= 4 is 16.9 Å². The van der Waals surface area contributed by atoms with Crippen LogP contribution < -0.4 is 5.32 Å². The Kier molecular flexibility index (Phi) is 5.51. The number of nitriles is 1. The minimum Gasteiger partial charge on any atom is -0.376 e. The van der Waals surface area contributed by atoms with Gasteiger partial charge in [-0.05, 0) is 30.0 Å². The van der Waals surface area contributed by atoms with E-state index in [-0.39, 0.29) is 6.10 Å². The number of anilines is 1. The van der Waals surface area contributed by atoms with Crippen molar-refractivity contribution in [3.05, 3.63) is 53.2 Å². The van der Waals surface area contributed by atoms with E-state index >= 15 is 0 Å². The molecule has 1 fully saturated rings. The van der Waals surface area contributed by atoms with Crippen LogP contribution in [0, 0.1) is 11.3 Å². The van der Waals surface area contributed by atoms with Crippen molar-refractivity contribution in [2.45, 2.75) is 32.1 Å². The summed E-state index contributed by atoms with van der Waals surface area (Å²) in [4.78, 5) is 4.56. The molecule has 1 unspecified atom stereocenters. The molecule has 4 rings (SSSR count). The Labute approximate surface area is 163 Å². The maximum Gasteiger partial charge on any atom is 0.159 e. The predicted octanol–water partition coefficient (Wildman–Crippen LogP) is 3.15. The second-order valence-corrected chi connectivity index (χ2v) is 7.00. The molecule has 0 spiro atoms. The van der Waals surface area contributed by atoms with Gasteiger partial charge in [0.1, 0.15) is 11.9 Å². The Hall–Kier alpha value is -2.95. The van der Waals surface area contributed by atoms with Gasteiger partial charge in [0.2, 0.25) is 0 Å². The van der Waals surface area contributed by atoms with E-state index < -0.39 is 0 Å². The SMILES string of the molecule is Cn1ncc2cc(C#N)c(NCc3cccc(COCC4CCCO4)c3)nc21. The number of rotatable bonds is 7. The first-order valence-electron chi connectivity index (χ1n) is 9.47. The molecule has 28 heavy (non-hydrogen) atoms. The summed E-state index contributed by atoms with van der Waals surface area (Å²) in [7, 11) is 1.84. The summed E-state index contributed by atoms with van der Waals surface area (Å²) < 4.78 is 13.1. The molecule has 0 bridgehead atoms. The van der Waals surface area contributed by atoms with Gasteiger partial charge in [0.25, 0.3) is 0 Å². The van der Waals surface area contributed by atoms with E-state index in [1.54, 1.807) is 10.9 Å². The quantitative estimate of drug-likeness (QED) is 0.681. The molecule has 144 valence electrons. The van der Waals surface area contributed by atoms with Gasteiger partial charge in [-0.15, -0.1) is 0 Å². The Morgan fingerprint density at radius 2 is 2.25 bits per heavy atom. The summed E-state index contributed by atoms with van der Waals surface area (Å²) in [5.41, 5.74) is 3.48. The molecule has 0 saturated carbocycles. The maximum absolute atomic E-state index is 9.43. The van der Waals surface area contributed by atoms with Crippen molar-refractivity contribution in [2.24, 2.45) is 7.05 Å². The lowest BCUT2D eigenvalue weighted by atomic mass is 10.1. The van der Waals surface area contributed by atoms with Crippen LogP contribution in [0.25, 0.3) is 11.0 Å². The number of ether oxygens (including phenoxy) is 2. The molecule has 3 aromatic rings. The maximum atomic E-state index is 9.43. The van der Waals surface area contributed by atoms with E-state index in [1.165, 1.54) is 0 Å². The molecule has 7 nitrogen and oxygen atoms in total. The van der Waals surface area contributed by atoms with Gasteiger partial charge < -0.3 is 14.8 Å². The monoisotopic (exact) mass is 377 g/mol. The third kappa shape index (κ3) is 4.14. The first kappa shape index (κ1) is 18.4. The van der Waals surface area contributed by atoms with Crippen molar-refractivity contribution in [1.29, 1.82) is 5.26 Å². The van der Waals surface area contributed by atoms with E-state index in [0.717, 1.165) is 41.6 Å². The van der Waals surface area contributed by atoms with Gasteiger partial charge in [-0.1, -0.05) is 24.3 Å². The minimum absolute atomic E-state index is 0.238. The predicted molar refractivity (Wildman–Crippen MR) is 106 cm³/mol. The molecule has 1 saturated heterocycles. The number of hydrogen-bond acceptors (Lipinski definition) is 6. The fourth-order valence-electron chi connectivity index (χ4n) is 3.40. The molecule has 1 atom stereocenters. The van der Waals surface area contributed by atoms with Crippen molar-refractivity contribution in [3.63, 3.8) is 0 Å². The molecular formula is C21H23N5O2. The smallest absolute Gasteiger partial charge is 0.159 e. The largest absolute Gasteiger partial charge is 0.376 e. The third-order valence-electron chi connectivity index (χ3n) is 4.88. The van der Waals surface area contributed by atoms with Crippen LogP contribution in [0.1, 0.15) is 29.5 Å². The van der Waals surface area contributed by atoms with Gasteiger partial charge in [-0.2, -0.15) is 10.4 Å². The van der Waals surface area contributed by atoms with Gasteiger partial charge in [0.15, 0.2) is 5.65 Å². The zero-order valence-corrected chi connectivity index (χ0v) is 15.9. The summed E-state index contributed by atoms with van der Waals surface area (Å²) >= 11 is 0. The van der Waals surface area contributed by atoms with Gasteiger partial charge in [0, 0.05) is 25.6 Å². The highest BCUT2D eigenvalue weighted by molar-refractivity contribution is 5.79. The number of nitrogens with zero attached hydrogens (tertiary/aromatic N) is 4. The standard InChI is InChI=1S/C21H23N5O2/c1-26-21-18(12-24-26)9-17(10-22)20(25-21)23-11-15-4-2-5-16(8-15)13-27-14-19-6-3-7-28-19/h2,4-5,8-9,12,19H,3,6-7,11,13-14H2,1H3,(H,23,25). The van der Waals surface area contributed by atoms with Crippen LogP contribution in [-0.4, -0.2) is 34.1 Å². The summed E-state index contributed by atoms with van der Waals surface area (Å²) in [5, 5.41) is 17.8. The molecule has 1 aliphatic heterocycles. The molecule has 7 heteroatoms. The summed E-state index contributed by atoms with van der Waals surface area (Å²) in [6, 6.07) is 12.2. The number of hydrogen-bond donors (Lipinski definition) is 1. The van der Waals surface area contributed by atoms with E-state index in [9.17, 15) is 5.26 Å². The fraction of sp³-hybridized carbons (Fsp3) is 0.381. The molecular weight excluding hydrogens is 354 g/mol. The van der Waals surface area contributed by atoms with E-state index in [1.807, 2.05) is 25.2 Å². The van der Waals surface area contributed by atoms with Gasteiger partial charge >= 0.3 is 0 Å². The lowest BCUT2D eigenvalue weighted by Gasteiger charge is -2.12. The number of benzene rings is 1. The van der Waals surface area contributed by atoms with Crippen LogP contribution in [0.2, 0.25) is 0 Å². The molecule has 2 aromatic heterocycles. The highest BCUT2D eigenvalue weighted by atomic mass is 16.5. The second kappa shape index (κ2) is 8.38. The highest BCUT2D eigenvalue weighted by Crippen LogP contribution is 2.20. The summed E-state index contributed by atoms with van der Waals surface area (Å²) in [6.07, 6.45) is 4.16. The Bertz CT molecular complexity index is 1000. The average molecular weight is 377 g/mol. The first-order chi connectivity index (χ1) is 13.7. The number of fused-ring (bicyclic) bond motifs is 1. The molecule has 1 N–H and O–H groups in total. The average Bonchev–Trinajstić information content (AvgIpc) is 3.36. The molecule has 3 heterocycles. The lowest BCUT2D eigenvalue weighted by molar-refractivity contribution is 0.0106. The van der Waals surface area contributed by atoms with Crippen LogP contribution in [-0.2, 0) is 29.7 Å². The topological polar surface area (TPSA) is 85.0 Å². The van der Waals surface area contributed by atoms with Crippen molar-refractivity contribution in [3.8, 4) is 6.07 Å². The molecule has 0 amide bonds. The summed E-state index contributed by atoms with van der Waals surface area (Å²) in [6.45, 7) is 2.63. The Balaban J connectivity index is 1.40. The van der Waals surface area contributed by atoms with Crippen molar-refractivity contribution in [2.75, 3.05) is 18.5 Å². The van der Waals surface area contributed by atoms with Gasteiger partial charge in [-0.25, -0.2) is 4.98 Å². The first-order valence-corrected chi connectivity index (χ1v) is 9.47. The zero-order valence-electron chi connectivity index (χ0n) is 15.9. The summed E-state index contributed by atoms with van der Waals surface area (Å²) in [5.74, 6) is 0.568. The zero-order chi connectivity index (χ0) is 19.3. The minimum atomic E-state index is 0.238. The number of nitrogens with one attached hydrogen (secondary N) is 1. The normalized spacial score (nSPS) is 16.4. The fourth-order valence-corrected chi connectivity index (χ4v) is 3.40. The van der Waals surface area contributed by atoms with Crippen molar-refractivity contribution < 1.29 is 9.47 Å². The third-order valence-corrected chi connectivity index (χ3v) is 4.88. The molecule has 0 aliphatic carbocycles. The van der Waals surface area contributed by atoms with Crippen LogP contribution >= 0.6 is 0 Å². The van der Waals surface area contributed by atoms with Crippen LogP contribution in [0.5, 0.6) is 0 Å². The van der Waals surface area contributed by atoms with E-state index in [4.69, 9.17) is 9.47 Å². The number of aromatic nitrogens is 3. The Morgan fingerprint density at radius 1 is 1.36 bits per heavy atom. The molecule has 0 radical (unpaired) electrons. The number of pyridine rings is 1. The lowest BCUT2D eigenvalue weighted by Crippen LogP contribution is -2.13. The van der Waals surface area contributed by atoms with Crippen LogP contribution in [0.15, 0.2) is 36.5 Å². The molecule has 1 aromatic carbocycles. The molecule has 1 aliphatic rings.